The second-order valence-electron chi connectivity index (χ2n) is 6.52. The quantitative estimate of drug-likeness (QED) is 0.500. The smallest absolute Gasteiger partial charge is 1.00 e. The van der Waals surface area contributed by atoms with Crippen LogP contribution in [0.5, 0.6) is 0 Å². The summed E-state index contributed by atoms with van der Waals surface area (Å²) < 4.78 is 3.61. The minimum atomic E-state index is -0.0298. The summed E-state index contributed by atoms with van der Waals surface area (Å²) in [5, 5.41) is 0. The molecule has 0 aromatic heterocycles. The summed E-state index contributed by atoms with van der Waals surface area (Å²) in [4.78, 5) is 0. The number of hydrogen-bond donors (Lipinski definition) is 0. The van der Waals surface area contributed by atoms with Gasteiger partial charge < -0.3 is 24.8 Å². The Morgan fingerprint density at radius 1 is 0.700 bits per heavy atom. The molecular formula is C17H22Cl2Ti. The molecule has 0 unspecified atom stereocenters. The van der Waals surface area contributed by atoms with Gasteiger partial charge in [-0.1, -0.05) is 0 Å². The van der Waals surface area contributed by atoms with Gasteiger partial charge in [0.25, 0.3) is 0 Å². The van der Waals surface area contributed by atoms with E-state index < -0.39 is 0 Å². The molecule has 1 saturated heterocycles. The first kappa shape index (κ1) is 18.3. The zero-order chi connectivity index (χ0) is 13.2. The monoisotopic (exact) mass is 344 g/mol. The van der Waals surface area contributed by atoms with Gasteiger partial charge >= 0.3 is 120 Å². The molecule has 0 aromatic rings. The number of fused-ring (bicyclic) bond motifs is 4. The Balaban J connectivity index is 0.000001000. The van der Waals surface area contributed by atoms with Crippen LogP contribution in [0.2, 0.25) is 0 Å². The third-order valence-electron chi connectivity index (χ3n) is 5.45. The van der Waals surface area contributed by atoms with Crippen molar-refractivity contribution in [2.75, 3.05) is 0 Å². The van der Waals surface area contributed by atoms with Crippen LogP contribution in [0.25, 0.3) is 0 Å². The van der Waals surface area contributed by atoms with Gasteiger partial charge in [-0.2, -0.15) is 0 Å². The molecule has 0 spiro atoms. The summed E-state index contributed by atoms with van der Waals surface area (Å²) in [7, 11) is 0. The van der Waals surface area contributed by atoms with E-state index in [-0.39, 0.29) is 49.4 Å². The molecule has 1 heterocycles. The maximum Gasteiger partial charge on any atom is -1.00 e. The summed E-state index contributed by atoms with van der Waals surface area (Å²) in [6, 6.07) is 0. The van der Waals surface area contributed by atoms with Gasteiger partial charge in [0, 0.05) is 0 Å². The van der Waals surface area contributed by atoms with E-state index in [0.717, 1.165) is 0 Å². The molecule has 0 atom stereocenters. The molecule has 0 saturated carbocycles. The second-order valence-corrected chi connectivity index (χ2v) is 8.79. The zero-order valence-corrected chi connectivity index (χ0v) is 16.2. The van der Waals surface area contributed by atoms with Crippen LogP contribution in [0.15, 0.2) is 41.2 Å². The summed E-state index contributed by atoms with van der Waals surface area (Å²) in [6.45, 7) is 14.3. The van der Waals surface area contributed by atoms with E-state index in [1.165, 1.54) is 12.8 Å². The van der Waals surface area contributed by atoms with Gasteiger partial charge in [-0.05, 0) is 0 Å². The van der Waals surface area contributed by atoms with Crippen molar-refractivity contribution in [1.29, 1.82) is 0 Å². The normalized spacial score (nSPS) is 22.9. The van der Waals surface area contributed by atoms with E-state index in [4.69, 9.17) is 0 Å². The predicted molar refractivity (Wildman–Crippen MR) is 73.8 cm³/mol. The molecule has 0 aromatic carbocycles. The predicted octanol–water partition coefficient (Wildman–Crippen LogP) is -0.895. The third kappa shape index (κ3) is 2.33. The molecule has 3 heteroatoms. The van der Waals surface area contributed by atoms with Crippen LogP contribution in [0.4, 0.5) is 0 Å². The van der Waals surface area contributed by atoms with E-state index >= 15 is 0 Å². The maximum atomic E-state index is 2.45. The second kappa shape index (κ2) is 5.80. The molecule has 3 aliphatic rings. The fourth-order valence-electron chi connectivity index (χ4n) is 3.81. The van der Waals surface area contributed by atoms with Gasteiger partial charge in [0.1, 0.15) is 0 Å². The van der Waals surface area contributed by atoms with Crippen molar-refractivity contribution in [3.8, 4) is 0 Å². The summed E-state index contributed by atoms with van der Waals surface area (Å²) in [5.74, 6) is 0. The Morgan fingerprint density at radius 2 is 1.05 bits per heavy atom. The van der Waals surface area contributed by atoms with E-state index in [1.54, 1.807) is 41.2 Å². The van der Waals surface area contributed by atoms with Crippen LogP contribution >= 0.6 is 0 Å². The van der Waals surface area contributed by atoms with Crippen LogP contribution in [0, 0.1) is 5.41 Å². The first-order valence-electron chi connectivity index (χ1n) is 6.91. The molecule has 3 rings (SSSR count). The standard InChI is InChI=1S/C17H22.2ClH.Ti/c1-11-7-9-15(13(11)3)17(5,6)16-10-8-12(2)14(16)4;;;/h9-10H2,1-6H3;2*1H;/q;;;+2/p-2. The Kier molecular flexibility index (Phi) is 5.31. The minimum Gasteiger partial charge on any atom is -1.00 e. The van der Waals surface area contributed by atoms with Gasteiger partial charge in [-0.3, -0.25) is 0 Å². The molecule has 1 fully saturated rings. The van der Waals surface area contributed by atoms with Crippen molar-refractivity contribution in [2.45, 2.75) is 54.4 Å². The average molecular weight is 345 g/mol. The van der Waals surface area contributed by atoms with Crippen molar-refractivity contribution in [3.63, 3.8) is 0 Å². The van der Waals surface area contributed by atoms with Crippen molar-refractivity contribution in [3.05, 3.63) is 41.2 Å². The molecule has 4 bridgehead atoms. The number of halogens is 2. The SMILES string of the molecule is CC1=[C]2CC(=C1C)C(C)(C)C1=C(C)C(C)=[C](C1)[Ti+2]2.[Cl-].[Cl-]. The Bertz CT molecular complexity index is 536. The number of hydrogen-bond acceptors (Lipinski definition) is 0. The topological polar surface area (TPSA) is 0 Å². The van der Waals surface area contributed by atoms with E-state index in [9.17, 15) is 0 Å². The van der Waals surface area contributed by atoms with Crippen LogP contribution < -0.4 is 24.8 Å². The van der Waals surface area contributed by atoms with Gasteiger partial charge in [0.2, 0.25) is 0 Å². The van der Waals surface area contributed by atoms with Crippen LogP contribution in [-0.4, -0.2) is 0 Å². The minimum absolute atomic E-state index is 0. The van der Waals surface area contributed by atoms with Gasteiger partial charge in [0.15, 0.2) is 0 Å². The first-order valence-corrected chi connectivity index (χ1v) is 8.48. The molecule has 0 radical (unpaired) electrons. The van der Waals surface area contributed by atoms with Crippen molar-refractivity contribution in [2.24, 2.45) is 5.41 Å². The molecule has 0 nitrogen and oxygen atoms in total. The summed E-state index contributed by atoms with van der Waals surface area (Å²) >= 11 is -0.0298. The molecule has 0 N–H and O–H groups in total. The summed E-state index contributed by atoms with van der Waals surface area (Å²) in [6.07, 6.45) is 2.55. The van der Waals surface area contributed by atoms with Crippen molar-refractivity contribution >= 4 is 0 Å². The van der Waals surface area contributed by atoms with Crippen molar-refractivity contribution < 1.29 is 44.0 Å². The Labute approximate surface area is 144 Å². The molecule has 0 amide bonds. The first-order chi connectivity index (χ1) is 8.34. The largest absolute Gasteiger partial charge is 1.00 e. The fraction of sp³-hybridized carbons (Fsp3) is 0.529. The Morgan fingerprint density at radius 3 is 1.40 bits per heavy atom. The van der Waals surface area contributed by atoms with E-state index in [2.05, 4.69) is 41.5 Å². The Hall–Kier alpha value is 0.254. The molecule has 1 aliphatic heterocycles. The van der Waals surface area contributed by atoms with Crippen LogP contribution in [-0.2, 0) is 19.2 Å². The zero-order valence-electron chi connectivity index (χ0n) is 13.2. The average Bonchev–Trinajstić information content (AvgIpc) is 2.74. The van der Waals surface area contributed by atoms with Crippen LogP contribution in [0.3, 0.4) is 0 Å². The maximum absolute atomic E-state index is 2.45. The fourth-order valence-corrected chi connectivity index (χ4v) is 6.38. The van der Waals surface area contributed by atoms with Crippen molar-refractivity contribution in [1.82, 2.24) is 0 Å². The number of allylic oxidation sites excluding steroid dienone is 8. The van der Waals surface area contributed by atoms with Gasteiger partial charge in [-0.15, -0.1) is 0 Å². The third-order valence-corrected chi connectivity index (χ3v) is 8.12. The molecule has 108 valence electrons. The van der Waals surface area contributed by atoms with E-state index in [0.29, 0.717) is 0 Å². The molecule has 2 aliphatic carbocycles. The molecule has 20 heavy (non-hydrogen) atoms. The molecular weight excluding hydrogens is 323 g/mol. The van der Waals surface area contributed by atoms with Gasteiger partial charge in [0.05, 0.1) is 0 Å². The summed E-state index contributed by atoms with van der Waals surface area (Å²) in [5.41, 5.74) is 10.2. The van der Waals surface area contributed by atoms with Gasteiger partial charge in [-0.25, -0.2) is 0 Å². The van der Waals surface area contributed by atoms with E-state index in [1.807, 2.05) is 0 Å². The van der Waals surface area contributed by atoms with Crippen LogP contribution in [0.1, 0.15) is 54.4 Å². The number of rotatable bonds is 0.